The monoisotopic (exact) mass is 280 g/mol. The van der Waals surface area contributed by atoms with Crippen LogP contribution >= 0.6 is 0 Å². The van der Waals surface area contributed by atoms with Crippen LogP contribution in [-0.4, -0.2) is 23.3 Å². The Morgan fingerprint density at radius 2 is 2.05 bits per heavy atom. The zero-order valence-corrected chi connectivity index (χ0v) is 13.5. The normalized spacial score (nSPS) is 39.7. The minimum Gasteiger partial charge on any atom is -0.462 e. The SMILES string of the molecule is CC(=O)OC[C@@]1(O)C(C)=CCC2C(C)(C)CCC[C@@]21C. The zero-order valence-electron chi connectivity index (χ0n) is 13.5. The predicted molar refractivity (Wildman–Crippen MR) is 79.2 cm³/mol. The summed E-state index contributed by atoms with van der Waals surface area (Å²) in [5.74, 6) is 0.0972. The van der Waals surface area contributed by atoms with Crippen molar-refractivity contribution in [3.63, 3.8) is 0 Å². The van der Waals surface area contributed by atoms with Gasteiger partial charge in [-0.05, 0) is 43.1 Å². The second-order valence-corrected chi connectivity index (χ2v) is 7.58. The van der Waals surface area contributed by atoms with Gasteiger partial charge in [0.05, 0.1) is 0 Å². The largest absolute Gasteiger partial charge is 0.462 e. The van der Waals surface area contributed by atoms with Crippen LogP contribution < -0.4 is 0 Å². The number of fused-ring (bicyclic) bond motifs is 1. The summed E-state index contributed by atoms with van der Waals surface area (Å²) in [6.07, 6.45) is 6.46. The highest BCUT2D eigenvalue weighted by Crippen LogP contribution is 2.61. The first-order chi connectivity index (χ1) is 9.13. The van der Waals surface area contributed by atoms with Crippen LogP contribution in [0.2, 0.25) is 0 Å². The average Bonchev–Trinajstić information content (AvgIpc) is 2.32. The predicted octanol–water partition coefficient (Wildman–Crippen LogP) is 3.46. The fraction of sp³-hybridized carbons (Fsp3) is 0.824. The zero-order chi connectivity index (χ0) is 15.2. The molecule has 3 atom stereocenters. The smallest absolute Gasteiger partial charge is 0.302 e. The molecular weight excluding hydrogens is 252 g/mol. The van der Waals surface area contributed by atoms with Gasteiger partial charge >= 0.3 is 5.97 Å². The number of rotatable bonds is 2. The number of allylic oxidation sites excluding steroid dienone is 1. The van der Waals surface area contributed by atoms with Crippen molar-refractivity contribution in [1.82, 2.24) is 0 Å². The first-order valence-corrected chi connectivity index (χ1v) is 7.66. The molecule has 3 heteroatoms. The summed E-state index contributed by atoms with van der Waals surface area (Å²) in [7, 11) is 0. The van der Waals surface area contributed by atoms with Crippen molar-refractivity contribution < 1.29 is 14.6 Å². The summed E-state index contributed by atoms with van der Waals surface area (Å²) < 4.78 is 5.21. The van der Waals surface area contributed by atoms with E-state index in [1.807, 2.05) is 6.92 Å². The van der Waals surface area contributed by atoms with E-state index >= 15 is 0 Å². The minimum atomic E-state index is -1.03. The van der Waals surface area contributed by atoms with E-state index in [1.54, 1.807) is 0 Å². The van der Waals surface area contributed by atoms with Crippen molar-refractivity contribution in [3.8, 4) is 0 Å². The van der Waals surface area contributed by atoms with Gasteiger partial charge in [-0.1, -0.05) is 33.3 Å². The first-order valence-electron chi connectivity index (χ1n) is 7.66. The van der Waals surface area contributed by atoms with Crippen molar-refractivity contribution in [2.75, 3.05) is 6.61 Å². The molecule has 0 spiro atoms. The molecule has 1 unspecified atom stereocenters. The third-order valence-corrected chi connectivity index (χ3v) is 5.97. The van der Waals surface area contributed by atoms with E-state index in [9.17, 15) is 9.90 Å². The van der Waals surface area contributed by atoms with Crippen LogP contribution in [0.25, 0.3) is 0 Å². The third kappa shape index (κ3) is 2.20. The van der Waals surface area contributed by atoms with Crippen LogP contribution in [-0.2, 0) is 9.53 Å². The Morgan fingerprint density at radius 3 is 2.65 bits per heavy atom. The first kappa shape index (κ1) is 15.6. The number of carbonyl (C=O) groups is 1. The van der Waals surface area contributed by atoms with Crippen molar-refractivity contribution >= 4 is 5.97 Å². The van der Waals surface area contributed by atoms with Gasteiger partial charge in [0.25, 0.3) is 0 Å². The van der Waals surface area contributed by atoms with Gasteiger partial charge in [0.15, 0.2) is 0 Å². The fourth-order valence-corrected chi connectivity index (χ4v) is 4.59. The minimum absolute atomic E-state index is 0.0771. The molecule has 1 fully saturated rings. The average molecular weight is 280 g/mol. The lowest BCUT2D eigenvalue weighted by Gasteiger charge is -2.59. The Labute approximate surface area is 122 Å². The van der Waals surface area contributed by atoms with Crippen molar-refractivity contribution in [1.29, 1.82) is 0 Å². The number of hydrogen-bond acceptors (Lipinski definition) is 3. The molecule has 0 aromatic heterocycles. The van der Waals surface area contributed by atoms with E-state index in [0.717, 1.165) is 24.8 Å². The number of esters is 1. The molecule has 114 valence electrons. The summed E-state index contributed by atoms with van der Waals surface area (Å²) in [5, 5.41) is 11.3. The van der Waals surface area contributed by atoms with E-state index in [-0.39, 0.29) is 23.4 Å². The van der Waals surface area contributed by atoms with E-state index < -0.39 is 5.60 Å². The maximum atomic E-state index is 11.3. The van der Waals surface area contributed by atoms with Crippen LogP contribution in [0.4, 0.5) is 0 Å². The summed E-state index contributed by atoms with van der Waals surface area (Å²) in [6, 6.07) is 0. The van der Waals surface area contributed by atoms with E-state index in [4.69, 9.17) is 4.74 Å². The Morgan fingerprint density at radius 1 is 1.40 bits per heavy atom. The van der Waals surface area contributed by atoms with E-state index in [1.165, 1.54) is 13.3 Å². The summed E-state index contributed by atoms with van der Waals surface area (Å²) in [6.45, 7) is 10.2. The highest BCUT2D eigenvalue weighted by molar-refractivity contribution is 5.66. The molecule has 0 saturated heterocycles. The number of ether oxygens (including phenoxy) is 1. The molecule has 1 N–H and O–H groups in total. The molecule has 20 heavy (non-hydrogen) atoms. The van der Waals surface area contributed by atoms with Crippen LogP contribution in [0.15, 0.2) is 11.6 Å². The molecule has 0 radical (unpaired) electrons. The number of aliphatic hydroxyl groups is 1. The molecule has 0 bridgehead atoms. The van der Waals surface area contributed by atoms with Gasteiger partial charge in [0.2, 0.25) is 0 Å². The molecular formula is C17H28O3. The second kappa shape index (κ2) is 4.87. The van der Waals surface area contributed by atoms with E-state index in [0.29, 0.717) is 5.92 Å². The fourth-order valence-electron chi connectivity index (χ4n) is 4.59. The van der Waals surface area contributed by atoms with Crippen LogP contribution in [0.5, 0.6) is 0 Å². The van der Waals surface area contributed by atoms with Gasteiger partial charge in [-0.15, -0.1) is 0 Å². The highest BCUT2D eigenvalue weighted by atomic mass is 16.5. The number of hydrogen-bond donors (Lipinski definition) is 1. The van der Waals surface area contributed by atoms with Crippen molar-refractivity contribution in [2.24, 2.45) is 16.7 Å². The Kier molecular flexibility index (Phi) is 3.79. The molecule has 3 nitrogen and oxygen atoms in total. The van der Waals surface area contributed by atoms with E-state index in [2.05, 4.69) is 26.8 Å². The molecule has 2 rings (SSSR count). The molecule has 0 aromatic rings. The van der Waals surface area contributed by atoms with Gasteiger partial charge < -0.3 is 9.84 Å². The quantitative estimate of drug-likeness (QED) is 0.622. The highest BCUT2D eigenvalue weighted by Gasteiger charge is 2.59. The van der Waals surface area contributed by atoms with Crippen molar-refractivity contribution in [3.05, 3.63) is 11.6 Å². The van der Waals surface area contributed by atoms with Crippen molar-refractivity contribution in [2.45, 2.75) is 65.9 Å². The molecule has 0 aromatic carbocycles. The van der Waals surface area contributed by atoms with Gasteiger partial charge in [-0.3, -0.25) is 4.79 Å². The topological polar surface area (TPSA) is 46.5 Å². The van der Waals surface area contributed by atoms with Crippen LogP contribution in [0, 0.1) is 16.7 Å². The molecule has 0 amide bonds. The summed E-state index contributed by atoms with van der Waals surface area (Å²) in [4.78, 5) is 11.2. The molecule has 1 saturated carbocycles. The molecule has 2 aliphatic carbocycles. The van der Waals surface area contributed by atoms with Gasteiger partial charge in [-0.25, -0.2) is 0 Å². The standard InChI is InChI=1S/C17H28O3/c1-12-7-8-14-15(3,4)9-6-10-16(14,5)17(12,19)11-20-13(2)18/h7,14,19H,6,8-11H2,1-5H3/t14?,16-,17+/m0/s1. The Bertz CT molecular complexity index is 438. The maximum absolute atomic E-state index is 11.3. The second-order valence-electron chi connectivity index (χ2n) is 7.58. The molecule has 0 heterocycles. The Balaban J connectivity index is 2.41. The lowest BCUT2D eigenvalue weighted by atomic mass is 9.47. The van der Waals surface area contributed by atoms with Gasteiger partial charge in [-0.2, -0.15) is 0 Å². The molecule has 2 aliphatic rings. The third-order valence-electron chi connectivity index (χ3n) is 5.97. The van der Waals surface area contributed by atoms with Gasteiger partial charge in [0.1, 0.15) is 12.2 Å². The Hall–Kier alpha value is -0.830. The molecule has 0 aliphatic heterocycles. The summed E-state index contributed by atoms with van der Waals surface area (Å²) in [5.41, 5.74) is -0.0771. The lowest BCUT2D eigenvalue weighted by molar-refractivity contribution is -0.178. The number of carbonyl (C=O) groups excluding carboxylic acids is 1. The summed E-state index contributed by atoms with van der Waals surface area (Å²) >= 11 is 0. The van der Waals surface area contributed by atoms with Gasteiger partial charge in [0, 0.05) is 12.3 Å². The van der Waals surface area contributed by atoms with Crippen LogP contribution in [0.3, 0.4) is 0 Å². The van der Waals surface area contributed by atoms with Crippen LogP contribution in [0.1, 0.15) is 60.3 Å². The lowest BCUT2D eigenvalue weighted by Crippen LogP contribution is -2.61. The maximum Gasteiger partial charge on any atom is 0.302 e.